The number of aliphatic hydroxyl groups excluding tert-OH is 2. The van der Waals surface area contributed by atoms with Crippen molar-refractivity contribution < 1.29 is 27.7 Å². The molecule has 0 unspecified atom stereocenters. The Morgan fingerprint density at radius 2 is 0.900 bits per heavy atom. The first kappa shape index (κ1) is 29.8. The van der Waals surface area contributed by atoms with Crippen LogP contribution in [0.25, 0.3) is 0 Å². The number of unbranched alkanes of at least 4 members (excludes halogenated alkanes) is 15. The van der Waals surface area contributed by atoms with E-state index >= 15 is 0 Å². The highest BCUT2D eigenvalue weighted by Crippen LogP contribution is 2.16. The molecular formula is C23H50NO5S+. The summed E-state index contributed by atoms with van der Waals surface area (Å²) in [6.45, 7) is 2.97. The molecule has 0 aliphatic rings. The average molecular weight is 453 g/mol. The lowest BCUT2D eigenvalue weighted by atomic mass is 10.0. The maximum absolute atomic E-state index is 11.3. The van der Waals surface area contributed by atoms with Crippen molar-refractivity contribution in [3.63, 3.8) is 0 Å². The van der Waals surface area contributed by atoms with Gasteiger partial charge in [-0.05, 0) is 12.8 Å². The van der Waals surface area contributed by atoms with Crippen LogP contribution < -0.4 is 0 Å². The maximum atomic E-state index is 11.3. The fourth-order valence-electron chi connectivity index (χ4n) is 4.29. The smallest absolute Gasteiger partial charge is 0.316 e. The average Bonchev–Trinajstić information content (AvgIpc) is 2.67. The molecule has 0 aromatic heterocycles. The Bertz CT molecular complexity index is 464. The molecule has 182 valence electrons. The Balaban J connectivity index is 3.70. The summed E-state index contributed by atoms with van der Waals surface area (Å²) in [7, 11) is -4.15. The largest absolute Gasteiger partial charge is 0.391 e. The zero-order chi connectivity index (χ0) is 22.6. The maximum Gasteiger partial charge on any atom is 0.316 e. The van der Waals surface area contributed by atoms with Crippen LogP contribution in [-0.4, -0.2) is 66.4 Å². The molecule has 0 amide bonds. The molecule has 0 saturated heterocycles. The molecule has 0 radical (unpaired) electrons. The highest BCUT2D eigenvalue weighted by Gasteiger charge is 2.31. The lowest BCUT2D eigenvalue weighted by Gasteiger charge is -2.36. The van der Waals surface area contributed by atoms with Crippen molar-refractivity contribution in [2.45, 2.75) is 110 Å². The molecule has 0 saturated carbocycles. The van der Waals surface area contributed by atoms with E-state index in [1.54, 1.807) is 0 Å². The van der Waals surface area contributed by atoms with Crippen LogP contribution in [0.2, 0.25) is 0 Å². The van der Waals surface area contributed by atoms with Gasteiger partial charge in [0.15, 0.2) is 0 Å². The molecule has 3 N–H and O–H groups in total. The van der Waals surface area contributed by atoms with Crippen LogP contribution in [0.15, 0.2) is 0 Å². The third-order valence-electron chi connectivity index (χ3n) is 6.07. The van der Waals surface area contributed by atoms with Crippen LogP contribution in [0.4, 0.5) is 0 Å². The van der Waals surface area contributed by atoms with Gasteiger partial charge in [0.05, 0.1) is 19.8 Å². The van der Waals surface area contributed by atoms with Crippen molar-refractivity contribution in [3.05, 3.63) is 0 Å². The van der Waals surface area contributed by atoms with Crippen molar-refractivity contribution >= 4 is 10.1 Å². The fraction of sp³-hybridized carbons (Fsp3) is 1.00. The first-order chi connectivity index (χ1) is 14.4. The molecule has 0 spiro atoms. The van der Waals surface area contributed by atoms with Gasteiger partial charge in [-0.15, -0.1) is 0 Å². The van der Waals surface area contributed by atoms with Crippen LogP contribution in [0, 0.1) is 0 Å². The van der Waals surface area contributed by atoms with Crippen LogP contribution in [0.1, 0.15) is 110 Å². The van der Waals surface area contributed by atoms with Crippen LogP contribution in [0.3, 0.4) is 0 Å². The van der Waals surface area contributed by atoms with Gasteiger partial charge < -0.3 is 14.7 Å². The van der Waals surface area contributed by atoms with E-state index in [1.807, 2.05) is 0 Å². The van der Waals surface area contributed by atoms with E-state index in [2.05, 4.69) is 6.92 Å². The SMILES string of the molecule is CCCCCCCCCCCCCCCCCC[N+](CCO)(CCO)CS(=O)(=O)O. The van der Waals surface area contributed by atoms with E-state index in [4.69, 9.17) is 0 Å². The Kier molecular flexibility index (Phi) is 19.3. The summed E-state index contributed by atoms with van der Waals surface area (Å²) >= 11 is 0. The highest BCUT2D eigenvalue weighted by molar-refractivity contribution is 7.85. The standard InChI is InChI=1S/C23H49NO5S/c1-2-3-4-5-6-7-8-9-10-11-12-13-14-15-16-17-18-24(19-21-25,20-22-26)23-30(27,28)29/h25-26H,2-23H2,1H3/p+1. The normalized spacial score (nSPS) is 12.5. The quantitative estimate of drug-likeness (QED) is 0.116. The van der Waals surface area contributed by atoms with E-state index in [9.17, 15) is 23.2 Å². The topological polar surface area (TPSA) is 94.8 Å². The summed E-state index contributed by atoms with van der Waals surface area (Å²) in [5.41, 5.74) is 0. The van der Waals surface area contributed by atoms with Crippen LogP contribution >= 0.6 is 0 Å². The molecule has 6 nitrogen and oxygen atoms in total. The zero-order valence-electron chi connectivity index (χ0n) is 19.6. The second kappa shape index (κ2) is 19.5. The van der Waals surface area contributed by atoms with Gasteiger partial charge in [0.1, 0.15) is 13.1 Å². The summed E-state index contributed by atoms with van der Waals surface area (Å²) < 4.78 is 32.0. The van der Waals surface area contributed by atoms with E-state index in [0.717, 1.165) is 19.3 Å². The lowest BCUT2D eigenvalue weighted by molar-refractivity contribution is -0.918. The molecule has 0 fully saturated rings. The first-order valence-corrected chi connectivity index (χ1v) is 14.0. The number of aliphatic hydroxyl groups is 2. The summed E-state index contributed by atoms with van der Waals surface area (Å²) in [6.07, 6.45) is 20.5. The molecule has 0 heterocycles. The van der Waals surface area contributed by atoms with Crippen molar-refractivity contribution in [1.82, 2.24) is 0 Å². The van der Waals surface area contributed by atoms with Crippen molar-refractivity contribution in [3.8, 4) is 0 Å². The molecular weight excluding hydrogens is 402 g/mol. The predicted octanol–water partition coefficient (Wildman–Crippen LogP) is 4.89. The minimum Gasteiger partial charge on any atom is -0.391 e. The summed E-state index contributed by atoms with van der Waals surface area (Å²) in [5, 5.41) is 18.6. The van der Waals surface area contributed by atoms with Gasteiger partial charge in [0.25, 0.3) is 0 Å². The minimum atomic E-state index is -4.15. The Morgan fingerprint density at radius 1 is 0.567 bits per heavy atom. The Morgan fingerprint density at radius 3 is 1.20 bits per heavy atom. The van der Waals surface area contributed by atoms with E-state index < -0.39 is 16.0 Å². The number of quaternary nitrogens is 1. The third kappa shape index (κ3) is 18.6. The molecule has 0 aliphatic carbocycles. The molecule has 0 aromatic rings. The van der Waals surface area contributed by atoms with Gasteiger partial charge in [-0.3, -0.25) is 4.55 Å². The molecule has 0 atom stereocenters. The van der Waals surface area contributed by atoms with Gasteiger partial charge in [0.2, 0.25) is 5.88 Å². The summed E-state index contributed by atoms with van der Waals surface area (Å²) in [6, 6.07) is 0. The van der Waals surface area contributed by atoms with E-state index in [1.165, 1.54) is 83.5 Å². The second-order valence-electron chi connectivity index (χ2n) is 8.97. The summed E-state index contributed by atoms with van der Waals surface area (Å²) in [4.78, 5) is 0. The van der Waals surface area contributed by atoms with Crippen molar-refractivity contribution in [2.24, 2.45) is 0 Å². The predicted molar refractivity (Wildman–Crippen MR) is 125 cm³/mol. The number of hydrogen-bond acceptors (Lipinski definition) is 4. The molecule has 0 aromatic carbocycles. The van der Waals surface area contributed by atoms with Gasteiger partial charge in [-0.1, -0.05) is 96.8 Å². The van der Waals surface area contributed by atoms with Gasteiger partial charge in [-0.2, -0.15) is 8.42 Å². The lowest BCUT2D eigenvalue weighted by Crippen LogP contribution is -2.54. The minimum absolute atomic E-state index is 0.0322. The van der Waals surface area contributed by atoms with Crippen LogP contribution in [-0.2, 0) is 10.1 Å². The molecule has 30 heavy (non-hydrogen) atoms. The Hall–Kier alpha value is -0.210. The monoisotopic (exact) mass is 452 g/mol. The number of rotatable bonds is 23. The number of nitrogens with zero attached hydrogens (tertiary/aromatic N) is 1. The van der Waals surface area contributed by atoms with E-state index in [-0.39, 0.29) is 30.8 Å². The van der Waals surface area contributed by atoms with Gasteiger partial charge in [0, 0.05) is 0 Å². The third-order valence-corrected chi connectivity index (χ3v) is 6.95. The summed E-state index contributed by atoms with van der Waals surface area (Å²) in [5.74, 6) is -0.438. The van der Waals surface area contributed by atoms with E-state index in [0.29, 0.717) is 6.54 Å². The van der Waals surface area contributed by atoms with Crippen molar-refractivity contribution in [2.75, 3.05) is 38.7 Å². The van der Waals surface area contributed by atoms with Crippen molar-refractivity contribution in [1.29, 1.82) is 0 Å². The molecule has 0 bridgehead atoms. The Labute approximate surface area is 186 Å². The highest BCUT2D eigenvalue weighted by atomic mass is 32.2. The van der Waals surface area contributed by atoms with Gasteiger partial charge >= 0.3 is 10.1 Å². The van der Waals surface area contributed by atoms with Crippen LogP contribution in [0.5, 0.6) is 0 Å². The molecule has 0 rings (SSSR count). The fourth-order valence-corrected chi connectivity index (χ4v) is 5.37. The second-order valence-corrected chi connectivity index (χ2v) is 10.4. The zero-order valence-corrected chi connectivity index (χ0v) is 20.4. The van der Waals surface area contributed by atoms with Gasteiger partial charge in [-0.25, -0.2) is 0 Å². The molecule has 7 heteroatoms. The number of hydrogen-bond donors (Lipinski definition) is 3. The first-order valence-electron chi connectivity index (χ1n) is 12.4. The molecule has 0 aliphatic heterocycles.